The maximum Gasteiger partial charge on any atom is 0.217 e. The zero-order valence-corrected chi connectivity index (χ0v) is 11.0. The minimum absolute atomic E-state index is 0.0251. The average molecular weight is 225 g/mol. The van der Waals surface area contributed by atoms with Crippen LogP contribution in [-0.4, -0.2) is 17.7 Å². The summed E-state index contributed by atoms with van der Waals surface area (Å²) >= 11 is 0. The molecular weight excluding hydrogens is 202 g/mol. The van der Waals surface area contributed by atoms with Crippen molar-refractivity contribution in [2.45, 2.75) is 59.9 Å². The molecule has 1 N–H and O–H groups in total. The number of carbonyl (C=O) groups excluding carboxylic acids is 2. The van der Waals surface area contributed by atoms with Gasteiger partial charge in [0.2, 0.25) is 5.91 Å². The fourth-order valence-electron chi connectivity index (χ4n) is 1.50. The van der Waals surface area contributed by atoms with Crippen LogP contribution in [0.3, 0.4) is 0 Å². The third-order valence-corrected chi connectivity index (χ3v) is 2.94. The Morgan fingerprint density at radius 1 is 1.06 bits per heavy atom. The van der Waals surface area contributed by atoms with Crippen molar-refractivity contribution >= 4 is 11.7 Å². The average Bonchev–Trinajstić information content (AvgIpc) is 2.21. The largest absolute Gasteiger partial charge is 0.347 e. The van der Waals surface area contributed by atoms with Crippen LogP contribution in [0.15, 0.2) is 11.1 Å². The molecule has 3 nitrogen and oxygen atoms in total. The normalized spacial score (nSPS) is 14.1. The molecule has 0 saturated heterocycles. The van der Waals surface area contributed by atoms with Crippen LogP contribution in [0.4, 0.5) is 0 Å². The topological polar surface area (TPSA) is 46.2 Å². The smallest absolute Gasteiger partial charge is 0.217 e. The molecule has 0 aliphatic heterocycles. The van der Waals surface area contributed by atoms with Gasteiger partial charge in [-0.2, -0.15) is 0 Å². The van der Waals surface area contributed by atoms with Gasteiger partial charge in [0.05, 0.1) is 6.04 Å². The Balaban J connectivity index is 4.33. The van der Waals surface area contributed by atoms with Crippen molar-refractivity contribution < 1.29 is 9.59 Å². The number of hydrogen-bond acceptors (Lipinski definition) is 2. The van der Waals surface area contributed by atoms with E-state index >= 15 is 0 Å². The van der Waals surface area contributed by atoms with Crippen LogP contribution in [0.1, 0.15) is 53.9 Å². The molecule has 0 aromatic rings. The molecule has 1 unspecified atom stereocenters. The number of rotatable bonds is 6. The summed E-state index contributed by atoms with van der Waals surface area (Å²) in [5.41, 5.74) is 2.68. The second-order valence-electron chi connectivity index (χ2n) is 4.32. The van der Waals surface area contributed by atoms with E-state index in [4.69, 9.17) is 0 Å². The minimum atomic E-state index is -0.336. The Labute approximate surface area is 98.3 Å². The summed E-state index contributed by atoms with van der Waals surface area (Å²) in [5, 5.41) is 2.68. The van der Waals surface area contributed by atoms with Gasteiger partial charge in [0.25, 0.3) is 0 Å². The van der Waals surface area contributed by atoms with E-state index in [1.54, 1.807) is 0 Å². The quantitative estimate of drug-likeness (QED) is 0.706. The summed E-state index contributed by atoms with van der Waals surface area (Å²) in [5.74, 6) is -0.119. The summed E-state index contributed by atoms with van der Waals surface area (Å²) in [6.45, 7) is 9.28. The van der Waals surface area contributed by atoms with Gasteiger partial charge in [-0.05, 0) is 40.0 Å². The summed E-state index contributed by atoms with van der Waals surface area (Å²) in [7, 11) is 0. The van der Waals surface area contributed by atoms with Crippen molar-refractivity contribution in [2.75, 3.05) is 0 Å². The number of carbonyl (C=O) groups is 2. The van der Waals surface area contributed by atoms with Gasteiger partial charge in [-0.25, -0.2) is 0 Å². The van der Waals surface area contributed by atoms with Gasteiger partial charge in [0.1, 0.15) is 0 Å². The molecule has 3 heteroatoms. The predicted octanol–water partition coefficient (Wildman–Crippen LogP) is 2.61. The molecule has 0 bridgehead atoms. The van der Waals surface area contributed by atoms with E-state index in [1.807, 2.05) is 0 Å². The molecule has 0 aliphatic rings. The van der Waals surface area contributed by atoms with Gasteiger partial charge in [-0.1, -0.05) is 18.1 Å². The zero-order chi connectivity index (χ0) is 12.7. The van der Waals surface area contributed by atoms with E-state index in [9.17, 15) is 9.59 Å². The summed E-state index contributed by atoms with van der Waals surface area (Å²) in [6, 6.07) is -0.336. The SMILES string of the molecule is CC/C(C)=C(\C)CCC(NC(C)=O)C(C)=O. The molecule has 16 heavy (non-hydrogen) atoms. The third-order valence-electron chi connectivity index (χ3n) is 2.94. The second kappa shape index (κ2) is 7.20. The molecule has 0 fully saturated rings. The van der Waals surface area contributed by atoms with Gasteiger partial charge in [-0.15, -0.1) is 0 Å². The number of nitrogens with one attached hydrogen (secondary N) is 1. The van der Waals surface area contributed by atoms with Crippen LogP contribution in [0.2, 0.25) is 0 Å². The lowest BCUT2D eigenvalue weighted by Gasteiger charge is -2.15. The molecule has 0 saturated carbocycles. The maximum absolute atomic E-state index is 11.3. The van der Waals surface area contributed by atoms with Crippen LogP contribution in [0.25, 0.3) is 0 Å². The molecule has 1 atom stereocenters. The van der Waals surface area contributed by atoms with Crippen molar-refractivity contribution in [1.82, 2.24) is 5.32 Å². The lowest BCUT2D eigenvalue weighted by molar-refractivity contribution is -0.125. The predicted molar refractivity (Wildman–Crippen MR) is 66.2 cm³/mol. The van der Waals surface area contributed by atoms with Crippen molar-refractivity contribution in [3.63, 3.8) is 0 Å². The Kier molecular flexibility index (Phi) is 6.70. The molecule has 0 heterocycles. The van der Waals surface area contributed by atoms with Crippen LogP contribution in [0, 0.1) is 0 Å². The van der Waals surface area contributed by atoms with E-state index in [1.165, 1.54) is 25.0 Å². The third kappa shape index (κ3) is 5.69. The van der Waals surface area contributed by atoms with Crippen LogP contribution >= 0.6 is 0 Å². The van der Waals surface area contributed by atoms with Crippen molar-refractivity contribution in [1.29, 1.82) is 0 Å². The van der Waals surface area contributed by atoms with Crippen LogP contribution in [-0.2, 0) is 9.59 Å². The first-order chi connectivity index (χ1) is 7.38. The molecular formula is C13H23NO2. The van der Waals surface area contributed by atoms with E-state index in [2.05, 4.69) is 26.1 Å². The van der Waals surface area contributed by atoms with Gasteiger partial charge in [0, 0.05) is 6.92 Å². The Morgan fingerprint density at radius 2 is 1.62 bits per heavy atom. The van der Waals surface area contributed by atoms with E-state index in [0.29, 0.717) is 6.42 Å². The molecule has 0 aliphatic carbocycles. The number of allylic oxidation sites excluding steroid dienone is 2. The Bertz CT molecular complexity index is 292. The van der Waals surface area contributed by atoms with E-state index in [-0.39, 0.29) is 17.7 Å². The van der Waals surface area contributed by atoms with Crippen molar-refractivity contribution in [3.05, 3.63) is 11.1 Å². The highest BCUT2D eigenvalue weighted by Gasteiger charge is 2.14. The van der Waals surface area contributed by atoms with Gasteiger partial charge in [0.15, 0.2) is 5.78 Å². The fourth-order valence-corrected chi connectivity index (χ4v) is 1.50. The fraction of sp³-hybridized carbons (Fsp3) is 0.692. The maximum atomic E-state index is 11.3. The molecule has 0 rings (SSSR count). The number of ketones is 1. The van der Waals surface area contributed by atoms with Gasteiger partial charge in [-0.3, -0.25) is 9.59 Å². The van der Waals surface area contributed by atoms with Crippen molar-refractivity contribution in [3.8, 4) is 0 Å². The van der Waals surface area contributed by atoms with E-state index in [0.717, 1.165) is 12.8 Å². The molecule has 0 spiro atoms. The Morgan fingerprint density at radius 3 is 2.00 bits per heavy atom. The number of amides is 1. The highest BCUT2D eigenvalue weighted by molar-refractivity contribution is 5.86. The van der Waals surface area contributed by atoms with Crippen LogP contribution < -0.4 is 5.32 Å². The minimum Gasteiger partial charge on any atom is -0.347 e. The number of Topliss-reactive ketones (excluding diaryl/α,β-unsaturated/α-hetero) is 1. The highest BCUT2D eigenvalue weighted by atomic mass is 16.2. The molecule has 1 amide bonds. The monoisotopic (exact) mass is 225 g/mol. The lowest BCUT2D eigenvalue weighted by atomic mass is 9.99. The first kappa shape index (κ1) is 14.9. The summed E-state index contributed by atoms with van der Waals surface area (Å²) < 4.78 is 0. The summed E-state index contributed by atoms with van der Waals surface area (Å²) in [4.78, 5) is 22.2. The van der Waals surface area contributed by atoms with Gasteiger partial charge < -0.3 is 5.32 Å². The van der Waals surface area contributed by atoms with Crippen LogP contribution in [0.5, 0.6) is 0 Å². The molecule has 0 radical (unpaired) electrons. The second-order valence-corrected chi connectivity index (χ2v) is 4.32. The molecule has 0 aromatic heterocycles. The molecule has 0 aromatic carbocycles. The number of hydrogen-bond donors (Lipinski definition) is 1. The first-order valence-corrected chi connectivity index (χ1v) is 5.81. The van der Waals surface area contributed by atoms with Crippen molar-refractivity contribution in [2.24, 2.45) is 0 Å². The standard InChI is InChI=1S/C13H23NO2/c1-6-9(2)10(3)7-8-13(11(4)15)14-12(5)16/h13H,6-8H2,1-5H3,(H,14,16)/b10-9+. The first-order valence-electron chi connectivity index (χ1n) is 5.81. The highest BCUT2D eigenvalue weighted by Crippen LogP contribution is 2.14. The molecule has 92 valence electrons. The lowest BCUT2D eigenvalue weighted by Crippen LogP contribution is -2.38. The Hall–Kier alpha value is -1.12. The summed E-state index contributed by atoms with van der Waals surface area (Å²) in [6.07, 6.45) is 2.60. The zero-order valence-electron chi connectivity index (χ0n) is 11.0. The van der Waals surface area contributed by atoms with Gasteiger partial charge >= 0.3 is 0 Å². The van der Waals surface area contributed by atoms with E-state index < -0.39 is 0 Å².